The predicted molar refractivity (Wildman–Crippen MR) is 64.6 cm³/mol. The molecule has 14 heavy (non-hydrogen) atoms. The minimum absolute atomic E-state index is 0.923. The van der Waals surface area contributed by atoms with Gasteiger partial charge in [0.25, 0.3) is 0 Å². The molecule has 0 atom stereocenters. The van der Waals surface area contributed by atoms with Crippen LogP contribution in [0.15, 0.2) is 0 Å². The van der Waals surface area contributed by atoms with Crippen molar-refractivity contribution in [3.05, 3.63) is 0 Å². The molecule has 86 valence electrons. The second kappa shape index (κ2) is 5.86. The van der Waals surface area contributed by atoms with Crippen LogP contribution in [-0.2, 0) is 0 Å². The van der Waals surface area contributed by atoms with E-state index in [1.807, 2.05) is 21.1 Å². The zero-order valence-electron chi connectivity index (χ0n) is 10.4. The van der Waals surface area contributed by atoms with Crippen LogP contribution in [0.2, 0.25) is 0 Å². The second-order valence-corrected chi connectivity index (χ2v) is 6.68. The molecule has 0 unspecified atom stereocenters. The summed E-state index contributed by atoms with van der Waals surface area (Å²) in [4.78, 5) is 0. The Hall–Kier alpha value is 0.110. The molecule has 0 fully saturated rings. The van der Waals surface area contributed by atoms with Crippen LogP contribution in [0.5, 0.6) is 0 Å². The van der Waals surface area contributed by atoms with Gasteiger partial charge in [0.2, 0.25) is 0 Å². The van der Waals surface area contributed by atoms with Crippen molar-refractivity contribution in [2.24, 2.45) is 0 Å². The lowest BCUT2D eigenvalue weighted by Gasteiger charge is -2.43. The van der Waals surface area contributed by atoms with Crippen molar-refractivity contribution >= 4 is 7.51 Å². The highest BCUT2D eigenvalue weighted by molar-refractivity contribution is 7.57. The van der Waals surface area contributed by atoms with Crippen LogP contribution in [0.3, 0.4) is 0 Å². The van der Waals surface area contributed by atoms with E-state index in [1.54, 1.807) is 0 Å². The Labute approximate surface area is 88.9 Å². The fraction of sp³-hybridized carbons (Fsp3) is 1.00. The summed E-state index contributed by atoms with van der Waals surface area (Å²) in [6.45, 7) is 9.09. The predicted octanol–water partition coefficient (Wildman–Crippen LogP) is 2.37. The number of hydrogen-bond acceptors (Lipinski definition) is 1. The molecule has 0 saturated heterocycles. The lowest BCUT2D eigenvalue weighted by atomic mass is 10.8. The van der Waals surface area contributed by atoms with Crippen LogP contribution in [0, 0.1) is 5.16 Å². The third kappa shape index (κ3) is 2.57. The molecule has 0 aromatic carbocycles. The average Bonchev–Trinajstić information content (AvgIpc) is 2.24. The van der Waals surface area contributed by atoms with E-state index in [2.05, 4.69) is 34.8 Å². The number of nitrogens with zero attached hydrogens (tertiary/aromatic N) is 3. The van der Waals surface area contributed by atoms with Gasteiger partial charge in [0, 0.05) is 19.6 Å². The van der Waals surface area contributed by atoms with E-state index < -0.39 is 7.51 Å². The standard InChI is InChI=1S/C9H25N4P/c1-7-11(4)14(10,12(5)8-2)13(6)9-3/h10H,7-9H2,1-6H3. The van der Waals surface area contributed by atoms with Crippen molar-refractivity contribution in [3.8, 4) is 0 Å². The molecule has 0 spiro atoms. The van der Waals surface area contributed by atoms with Gasteiger partial charge in [-0.1, -0.05) is 20.8 Å². The molecule has 0 aliphatic heterocycles. The van der Waals surface area contributed by atoms with E-state index in [0.29, 0.717) is 0 Å². The minimum Gasteiger partial charge on any atom is -0.277 e. The molecule has 0 saturated carbocycles. The van der Waals surface area contributed by atoms with Gasteiger partial charge in [-0.15, -0.1) is 0 Å². The zero-order valence-corrected chi connectivity index (χ0v) is 11.3. The Bertz CT molecular complexity index is 174. The van der Waals surface area contributed by atoms with Crippen molar-refractivity contribution < 1.29 is 0 Å². The van der Waals surface area contributed by atoms with Crippen LogP contribution < -0.4 is 0 Å². The van der Waals surface area contributed by atoms with Crippen molar-refractivity contribution in [1.82, 2.24) is 14.0 Å². The first-order valence-corrected chi connectivity index (χ1v) is 6.88. The van der Waals surface area contributed by atoms with Gasteiger partial charge in [-0.05, 0) is 21.1 Å². The van der Waals surface area contributed by atoms with Gasteiger partial charge in [0.15, 0.2) is 7.51 Å². The smallest absolute Gasteiger partial charge is 0.164 e. The summed E-state index contributed by atoms with van der Waals surface area (Å²) in [5.41, 5.74) is 0. The normalized spacial score (nSPS) is 13.2. The van der Waals surface area contributed by atoms with E-state index in [-0.39, 0.29) is 0 Å². The Morgan fingerprint density at radius 1 is 0.786 bits per heavy atom. The molecule has 4 nitrogen and oxygen atoms in total. The van der Waals surface area contributed by atoms with Crippen LogP contribution >= 0.6 is 7.51 Å². The molecular formula is C9H25N4P. The summed E-state index contributed by atoms with van der Waals surface area (Å²) < 4.78 is 6.46. The highest BCUT2D eigenvalue weighted by Crippen LogP contribution is 2.53. The number of rotatable bonds is 6. The van der Waals surface area contributed by atoms with E-state index in [4.69, 9.17) is 5.16 Å². The first-order valence-electron chi connectivity index (χ1n) is 5.24. The lowest BCUT2D eigenvalue weighted by molar-refractivity contribution is 0.397. The van der Waals surface area contributed by atoms with Crippen LogP contribution in [0.4, 0.5) is 0 Å². The van der Waals surface area contributed by atoms with Gasteiger partial charge in [0.05, 0.1) is 0 Å². The lowest BCUT2D eigenvalue weighted by Crippen LogP contribution is -2.35. The third-order valence-electron chi connectivity index (χ3n) is 2.80. The highest BCUT2D eigenvalue weighted by Gasteiger charge is 2.29. The summed E-state index contributed by atoms with van der Waals surface area (Å²) in [7, 11) is 4.13. The van der Waals surface area contributed by atoms with Crippen molar-refractivity contribution in [2.75, 3.05) is 40.8 Å². The van der Waals surface area contributed by atoms with Crippen molar-refractivity contribution in [3.63, 3.8) is 0 Å². The monoisotopic (exact) mass is 220 g/mol. The minimum atomic E-state index is -1.99. The highest BCUT2D eigenvalue weighted by atomic mass is 31.2. The summed E-state index contributed by atoms with van der Waals surface area (Å²) in [5, 5.41) is 8.63. The third-order valence-corrected chi connectivity index (χ3v) is 6.51. The van der Waals surface area contributed by atoms with Gasteiger partial charge in [-0.3, -0.25) is 5.16 Å². The van der Waals surface area contributed by atoms with Gasteiger partial charge in [0.1, 0.15) is 0 Å². The fourth-order valence-electron chi connectivity index (χ4n) is 1.37. The molecule has 0 radical (unpaired) electrons. The molecule has 5 heteroatoms. The summed E-state index contributed by atoms with van der Waals surface area (Å²) in [6.07, 6.45) is 0. The van der Waals surface area contributed by atoms with E-state index in [1.165, 1.54) is 0 Å². The SMILES string of the molecule is CCN(C)P(=N)(N(C)CC)N(C)CC. The molecule has 0 heterocycles. The summed E-state index contributed by atoms with van der Waals surface area (Å²) in [6, 6.07) is 0. The molecule has 0 aliphatic carbocycles. The summed E-state index contributed by atoms with van der Waals surface area (Å²) >= 11 is 0. The van der Waals surface area contributed by atoms with Crippen molar-refractivity contribution in [1.29, 1.82) is 5.16 Å². The van der Waals surface area contributed by atoms with Gasteiger partial charge in [-0.25, -0.2) is 14.0 Å². The molecular weight excluding hydrogens is 195 g/mol. The van der Waals surface area contributed by atoms with Gasteiger partial charge in [-0.2, -0.15) is 0 Å². The fourth-order valence-corrected chi connectivity index (χ4v) is 4.12. The zero-order chi connectivity index (χ0) is 11.4. The topological polar surface area (TPSA) is 33.6 Å². The Morgan fingerprint density at radius 2 is 1.00 bits per heavy atom. The maximum Gasteiger partial charge on any atom is 0.164 e. The molecule has 0 aromatic rings. The molecule has 0 amide bonds. The first kappa shape index (κ1) is 14.1. The van der Waals surface area contributed by atoms with Crippen LogP contribution in [-0.4, -0.2) is 54.8 Å². The van der Waals surface area contributed by atoms with Crippen LogP contribution in [0.25, 0.3) is 0 Å². The molecule has 0 aromatic heterocycles. The van der Waals surface area contributed by atoms with Gasteiger partial charge >= 0.3 is 0 Å². The maximum atomic E-state index is 8.63. The second-order valence-electron chi connectivity index (χ2n) is 3.49. The Kier molecular flexibility index (Phi) is 5.91. The van der Waals surface area contributed by atoms with Crippen LogP contribution in [0.1, 0.15) is 20.8 Å². The molecule has 0 rings (SSSR count). The van der Waals surface area contributed by atoms with E-state index >= 15 is 0 Å². The number of nitrogens with one attached hydrogen (secondary N) is 1. The molecule has 0 aliphatic rings. The largest absolute Gasteiger partial charge is 0.277 e. The van der Waals surface area contributed by atoms with E-state index in [0.717, 1.165) is 19.6 Å². The first-order chi connectivity index (χ1) is 6.44. The average molecular weight is 220 g/mol. The number of hydrogen-bond donors (Lipinski definition) is 1. The quantitative estimate of drug-likeness (QED) is 0.698. The Morgan fingerprint density at radius 3 is 1.14 bits per heavy atom. The molecule has 0 bridgehead atoms. The van der Waals surface area contributed by atoms with Crippen molar-refractivity contribution in [2.45, 2.75) is 20.8 Å². The maximum absolute atomic E-state index is 8.63. The van der Waals surface area contributed by atoms with E-state index in [9.17, 15) is 0 Å². The molecule has 1 N–H and O–H groups in total. The van der Waals surface area contributed by atoms with Gasteiger partial charge < -0.3 is 0 Å². The Balaban J connectivity index is 4.94. The summed E-state index contributed by atoms with van der Waals surface area (Å²) in [5.74, 6) is 0.